The standard InChI is InChI=1S/C8H17NO2/c1-4-6-9-7(5-2)8(10)11-3/h7,9H,4-6H2,1-3H3/t7-/m1/s1. The smallest absolute Gasteiger partial charge is 0.322 e. The molecule has 0 aromatic rings. The lowest BCUT2D eigenvalue weighted by Gasteiger charge is -2.12. The van der Waals surface area contributed by atoms with Gasteiger partial charge in [0.1, 0.15) is 6.04 Å². The van der Waals surface area contributed by atoms with Gasteiger partial charge in [-0.05, 0) is 19.4 Å². The largest absolute Gasteiger partial charge is 0.468 e. The van der Waals surface area contributed by atoms with Crippen LogP contribution < -0.4 is 5.32 Å². The van der Waals surface area contributed by atoms with Gasteiger partial charge in [-0.3, -0.25) is 4.79 Å². The van der Waals surface area contributed by atoms with Gasteiger partial charge in [0, 0.05) is 0 Å². The van der Waals surface area contributed by atoms with E-state index in [2.05, 4.69) is 17.0 Å². The quantitative estimate of drug-likeness (QED) is 0.607. The van der Waals surface area contributed by atoms with E-state index in [-0.39, 0.29) is 12.0 Å². The van der Waals surface area contributed by atoms with E-state index in [0.717, 1.165) is 19.4 Å². The molecule has 0 saturated carbocycles. The number of carbonyl (C=O) groups is 1. The van der Waals surface area contributed by atoms with Crippen molar-refractivity contribution in [3.05, 3.63) is 0 Å². The molecular weight excluding hydrogens is 142 g/mol. The minimum absolute atomic E-state index is 0.125. The van der Waals surface area contributed by atoms with E-state index in [1.165, 1.54) is 7.11 Å². The minimum atomic E-state index is -0.166. The van der Waals surface area contributed by atoms with Crippen LogP contribution in [0, 0.1) is 0 Å². The van der Waals surface area contributed by atoms with Crippen LogP contribution in [0.1, 0.15) is 26.7 Å². The normalized spacial score (nSPS) is 12.6. The Morgan fingerprint density at radius 1 is 1.55 bits per heavy atom. The molecule has 0 radical (unpaired) electrons. The van der Waals surface area contributed by atoms with E-state index < -0.39 is 0 Å². The van der Waals surface area contributed by atoms with Crippen LogP contribution in [0.3, 0.4) is 0 Å². The summed E-state index contributed by atoms with van der Waals surface area (Å²) < 4.78 is 4.60. The number of esters is 1. The first-order chi connectivity index (χ1) is 5.26. The number of rotatable bonds is 5. The zero-order valence-corrected chi connectivity index (χ0v) is 7.52. The van der Waals surface area contributed by atoms with Gasteiger partial charge in [-0.2, -0.15) is 0 Å². The van der Waals surface area contributed by atoms with Crippen molar-refractivity contribution >= 4 is 5.97 Å². The SMILES string of the molecule is CCCN[C@H](CC)C(=O)OC. The highest BCUT2D eigenvalue weighted by Crippen LogP contribution is 1.93. The van der Waals surface area contributed by atoms with Gasteiger partial charge in [0.05, 0.1) is 7.11 Å². The molecule has 0 aliphatic heterocycles. The zero-order valence-electron chi connectivity index (χ0n) is 7.52. The van der Waals surface area contributed by atoms with Crippen LogP contribution in [0.5, 0.6) is 0 Å². The van der Waals surface area contributed by atoms with Crippen molar-refractivity contribution in [2.75, 3.05) is 13.7 Å². The lowest BCUT2D eigenvalue weighted by atomic mass is 10.2. The monoisotopic (exact) mass is 159 g/mol. The Morgan fingerprint density at radius 2 is 2.18 bits per heavy atom. The molecule has 0 aromatic heterocycles. The fraction of sp³-hybridized carbons (Fsp3) is 0.875. The third-order valence-electron chi connectivity index (χ3n) is 1.53. The van der Waals surface area contributed by atoms with Gasteiger partial charge in [-0.1, -0.05) is 13.8 Å². The molecular formula is C8H17NO2. The van der Waals surface area contributed by atoms with Crippen molar-refractivity contribution in [1.29, 1.82) is 0 Å². The molecule has 3 nitrogen and oxygen atoms in total. The molecule has 66 valence electrons. The summed E-state index contributed by atoms with van der Waals surface area (Å²) in [6.45, 7) is 4.90. The van der Waals surface area contributed by atoms with Crippen LogP contribution in [0.4, 0.5) is 0 Å². The second-order valence-electron chi connectivity index (χ2n) is 2.44. The maximum atomic E-state index is 11.0. The van der Waals surface area contributed by atoms with E-state index in [9.17, 15) is 4.79 Å². The summed E-state index contributed by atoms with van der Waals surface area (Å²) in [5.74, 6) is -0.166. The average molecular weight is 159 g/mol. The first-order valence-corrected chi connectivity index (χ1v) is 4.07. The fourth-order valence-electron chi connectivity index (χ4n) is 0.855. The lowest BCUT2D eigenvalue weighted by molar-refractivity contribution is -0.143. The fourth-order valence-corrected chi connectivity index (χ4v) is 0.855. The first kappa shape index (κ1) is 10.4. The second-order valence-corrected chi connectivity index (χ2v) is 2.44. The predicted octanol–water partition coefficient (Wildman–Crippen LogP) is 0.938. The van der Waals surface area contributed by atoms with Crippen LogP contribution in [0.2, 0.25) is 0 Å². The molecule has 0 saturated heterocycles. The number of ether oxygens (including phenoxy) is 1. The predicted molar refractivity (Wildman–Crippen MR) is 44.4 cm³/mol. The molecule has 0 fully saturated rings. The maximum absolute atomic E-state index is 11.0. The highest BCUT2D eigenvalue weighted by atomic mass is 16.5. The van der Waals surface area contributed by atoms with Crippen LogP contribution in [0.15, 0.2) is 0 Å². The van der Waals surface area contributed by atoms with Gasteiger partial charge < -0.3 is 10.1 Å². The molecule has 0 aliphatic carbocycles. The van der Waals surface area contributed by atoms with Crippen LogP contribution in [-0.4, -0.2) is 25.7 Å². The van der Waals surface area contributed by atoms with Gasteiger partial charge in [-0.15, -0.1) is 0 Å². The molecule has 0 amide bonds. The van der Waals surface area contributed by atoms with Crippen molar-refractivity contribution in [3.8, 4) is 0 Å². The number of nitrogens with one attached hydrogen (secondary N) is 1. The zero-order chi connectivity index (χ0) is 8.69. The molecule has 1 N–H and O–H groups in total. The van der Waals surface area contributed by atoms with Crippen molar-refractivity contribution in [2.45, 2.75) is 32.7 Å². The van der Waals surface area contributed by atoms with Crippen molar-refractivity contribution in [3.63, 3.8) is 0 Å². The Bertz CT molecular complexity index is 115. The van der Waals surface area contributed by atoms with Crippen LogP contribution in [-0.2, 0) is 9.53 Å². The van der Waals surface area contributed by atoms with Gasteiger partial charge in [0.25, 0.3) is 0 Å². The van der Waals surface area contributed by atoms with E-state index in [1.807, 2.05) is 6.92 Å². The van der Waals surface area contributed by atoms with Crippen molar-refractivity contribution < 1.29 is 9.53 Å². The average Bonchev–Trinajstić information content (AvgIpc) is 2.05. The molecule has 0 spiro atoms. The van der Waals surface area contributed by atoms with E-state index in [0.29, 0.717) is 0 Å². The summed E-state index contributed by atoms with van der Waals surface area (Å²) >= 11 is 0. The topological polar surface area (TPSA) is 38.3 Å². The Hall–Kier alpha value is -0.570. The third-order valence-corrected chi connectivity index (χ3v) is 1.53. The van der Waals surface area contributed by atoms with Gasteiger partial charge >= 0.3 is 5.97 Å². The molecule has 0 aliphatic rings. The van der Waals surface area contributed by atoms with Crippen LogP contribution in [0.25, 0.3) is 0 Å². The molecule has 1 atom stereocenters. The summed E-state index contributed by atoms with van der Waals surface area (Å²) in [6.07, 6.45) is 1.82. The van der Waals surface area contributed by atoms with Gasteiger partial charge in [0.2, 0.25) is 0 Å². The Labute approximate surface area is 68.1 Å². The minimum Gasteiger partial charge on any atom is -0.468 e. The summed E-state index contributed by atoms with van der Waals surface area (Å²) in [5, 5.41) is 3.10. The molecule has 0 bridgehead atoms. The van der Waals surface area contributed by atoms with Crippen molar-refractivity contribution in [1.82, 2.24) is 5.32 Å². The third kappa shape index (κ3) is 3.98. The first-order valence-electron chi connectivity index (χ1n) is 4.07. The van der Waals surface area contributed by atoms with Gasteiger partial charge in [-0.25, -0.2) is 0 Å². The van der Waals surface area contributed by atoms with E-state index in [1.54, 1.807) is 0 Å². The van der Waals surface area contributed by atoms with Crippen LogP contribution >= 0.6 is 0 Å². The highest BCUT2D eigenvalue weighted by molar-refractivity contribution is 5.75. The molecule has 0 rings (SSSR count). The summed E-state index contributed by atoms with van der Waals surface area (Å²) in [7, 11) is 1.42. The molecule has 0 heterocycles. The van der Waals surface area contributed by atoms with Crippen molar-refractivity contribution in [2.24, 2.45) is 0 Å². The molecule has 0 unspecified atom stereocenters. The Morgan fingerprint density at radius 3 is 2.55 bits per heavy atom. The lowest BCUT2D eigenvalue weighted by Crippen LogP contribution is -2.37. The Balaban J connectivity index is 3.65. The number of methoxy groups -OCH3 is 1. The highest BCUT2D eigenvalue weighted by Gasteiger charge is 2.14. The summed E-state index contributed by atoms with van der Waals surface area (Å²) in [5.41, 5.74) is 0. The maximum Gasteiger partial charge on any atom is 0.322 e. The van der Waals surface area contributed by atoms with Gasteiger partial charge in [0.15, 0.2) is 0 Å². The number of carbonyl (C=O) groups excluding carboxylic acids is 1. The molecule has 11 heavy (non-hydrogen) atoms. The number of hydrogen-bond acceptors (Lipinski definition) is 3. The Kier molecular flexibility index (Phi) is 5.84. The van der Waals surface area contributed by atoms with E-state index >= 15 is 0 Å². The molecule has 0 aromatic carbocycles. The summed E-state index contributed by atoms with van der Waals surface area (Å²) in [4.78, 5) is 11.0. The molecule has 3 heteroatoms. The number of hydrogen-bond donors (Lipinski definition) is 1. The van der Waals surface area contributed by atoms with E-state index in [4.69, 9.17) is 0 Å². The summed E-state index contributed by atoms with van der Waals surface area (Å²) in [6, 6.07) is -0.125. The second kappa shape index (κ2) is 6.16.